The predicted molar refractivity (Wildman–Crippen MR) is 245 cm³/mol. The summed E-state index contributed by atoms with van der Waals surface area (Å²) in [6, 6.07) is 79.2. The molecule has 0 saturated heterocycles. The van der Waals surface area contributed by atoms with Crippen LogP contribution in [0.1, 0.15) is 22.3 Å². The fraction of sp³-hybridized carbons (Fsp3) is 0.0182. The fourth-order valence-corrected chi connectivity index (χ4v) is 10.9. The van der Waals surface area contributed by atoms with E-state index in [1.54, 1.807) is 0 Å². The molecular formula is C55H36N2OS. The van der Waals surface area contributed by atoms with Gasteiger partial charge in [0.25, 0.3) is 0 Å². The number of nitrogens with zero attached hydrogens (tertiary/aromatic N) is 2. The van der Waals surface area contributed by atoms with Gasteiger partial charge in [0.05, 0.1) is 11.1 Å². The van der Waals surface area contributed by atoms with Gasteiger partial charge in [-0.05, 0) is 113 Å². The van der Waals surface area contributed by atoms with Crippen molar-refractivity contribution < 1.29 is 4.42 Å². The van der Waals surface area contributed by atoms with Crippen molar-refractivity contribution in [3.63, 3.8) is 0 Å². The molecule has 0 radical (unpaired) electrons. The van der Waals surface area contributed by atoms with Gasteiger partial charge in [0.15, 0.2) is 0 Å². The Balaban J connectivity index is 1.13. The first-order valence-corrected chi connectivity index (χ1v) is 20.9. The maximum absolute atomic E-state index is 6.46. The number of fused-ring (bicyclic) bond motifs is 12. The average molecular weight is 773 g/mol. The Morgan fingerprint density at radius 1 is 0.356 bits per heavy atom. The van der Waals surface area contributed by atoms with Crippen molar-refractivity contribution in [1.29, 1.82) is 0 Å². The van der Waals surface area contributed by atoms with E-state index in [1.165, 1.54) is 43.2 Å². The van der Waals surface area contributed by atoms with E-state index in [0.717, 1.165) is 56.1 Å². The summed E-state index contributed by atoms with van der Waals surface area (Å²) in [7, 11) is 0. The van der Waals surface area contributed by atoms with Crippen molar-refractivity contribution in [2.24, 2.45) is 0 Å². The minimum atomic E-state index is -0.584. The van der Waals surface area contributed by atoms with Gasteiger partial charge in [-0.25, -0.2) is 0 Å². The van der Waals surface area contributed by atoms with Crippen LogP contribution in [0.25, 0.3) is 33.1 Å². The predicted octanol–water partition coefficient (Wildman–Crippen LogP) is 15.4. The molecule has 1 aliphatic carbocycles. The maximum Gasteiger partial charge on any atom is 0.137 e. The van der Waals surface area contributed by atoms with Crippen LogP contribution in [-0.2, 0) is 5.41 Å². The van der Waals surface area contributed by atoms with Crippen LogP contribution in [0, 0.1) is 0 Å². The molecule has 10 aromatic rings. The first kappa shape index (κ1) is 33.8. The summed E-state index contributed by atoms with van der Waals surface area (Å²) < 4.78 is 6.46. The molecule has 2 heterocycles. The molecule has 1 aromatic heterocycles. The zero-order valence-electron chi connectivity index (χ0n) is 32.0. The fourth-order valence-electron chi connectivity index (χ4n) is 9.70. The van der Waals surface area contributed by atoms with Crippen LogP contribution >= 0.6 is 11.8 Å². The number of hydrogen-bond acceptors (Lipinski definition) is 4. The molecule has 3 nitrogen and oxygen atoms in total. The van der Waals surface area contributed by atoms with Gasteiger partial charge in [0.2, 0.25) is 0 Å². The summed E-state index contributed by atoms with van der Waals surface area (Å²) in [4.78, 5) is 7.32. The van der Waals surface area contributed by atoms with Crippen LogP contribution in [-0.4, -0.2) is 0 Å². The van der Waals surface area contributed by atoms with Crippen molar-refractivity contribution >= 4 is 67.8 Å². The Morgan fingerprint density at radius 2 is 0.915 bits per heavy atom. The molecule has 0 fully saturated rings. The third-order valence-corrected chi connectivity index (χ3v) is 13.2. The number of furan rings is 1. The number of para-hydroxylation sites is 4. The SMILES string of the molecule is c1ccc(N(c2ccc3c(c2)C2(c4ccccc4S3)c3ccccc3-c3c(N(c4ccccc4)c4ccccc4)cccc32)c2ccc3c(c2)oc2ccccc23)cc1. The smallest absolute Gasteiger partial charge is 0.137 e. The summed E-state index contributed by atoms with van der Waals surface area (Å²) in [5.41, 5.74) is 15.4. The zero-order chi connectivity index (χ0) is 38.9. The van der Waals surface area contributed by atoms with Gasteiger partial charge in [-0.1, -0.05) is 139 Å². The Morgan fingerprint density at radius 3 is 1.68 bits per heavy atom. The zero-order valence-corrected chi connectivity index (χ0v) is 32.8. The second-order valence-corrected chi connectivity index (χ2v) is 16.3. The normalized spacial score (nSPS) is 14.8. The molecule has 1 atom stereocenters. The molecule has 0 N–H and O–H groups in total. The topological polar surface area (TPSA) is 19.6 Å². The average Bonchev–Trinajstić information content (AvgIpc) is 3.82. The highest BCUT2D eigenvalue weighted by Crippen LogP contribution is 2.64. The van der Waals surface area contributed by atoms with Gasteiger partial charge in [0, 0.05) is 60.6 Å². The molecule has 1 unspecified atom stereocenters. The first-order chi connectivity index (χ1) is 29.3. The van der Waals surface area contributed by atoms with Crippen molar-refractivity contribution in [2.75, 3.05) is 9.80 Å². The van der Waals surface area contributed by atoms with Gasteiger partial charge in [-0.2, -0.15) is 0 Å². The Bertz CT molecular complexity index is 3170. The number of rotatable bonds is 6. The summed E-state index contributed by atoms with van der Waals surface area (Å²) in [6.07, 6.45) is 0. The lowest BCUT2D eigenvalue weighted by Gasteiger charge is -2.40. The lowest BCUT2D eigenvalue weighted by molar-refractivity contribution is 0.669. The highest BCUT2D eigenvalue weighted by atomic mass is 32.2. The van der Waals surface area contributed by atoms with E-state index in [0.29, 0.717) is 0 Å². The summed E-state index contributed by atoms with van der Waals surface area (Å²) in [6.45, 7) is 0. The lowest BCUT2D eigenvalue weighted by Crippen LogP contribution is -2.32. The molecular weight excluding hydrogens is 737 g/mol. The standard InChI is InChI=1S/C55H36N2OS/c1-4-17-37(18-5-1)56(41-31-33-43-42-23-11-14-29-50(42)58-51(43)36-41)40-32-34-53-48(35-40)55(46-26-13-15-30-52(46)59-53)45-25-12-10-24-44(45)54-47(55)27-16-28-49(54)57(38-19-6-2-7-20-38)39-21-8-3-9-22-39/h1-36H. The molecule has 2 aliphatic rings. The van der Waals surface area contributed by atoms with E-state index < -0.39 is 5.41 Å². The minimum Gasteiger partial charge on any atom is -0.456 e. The molecule has 12 rings (SSSR count). The van der Waals surface area contributed by atoms with Crippen LogP contribution in [0.3, 0.4) is 0 Å². The lowest BCUT2D eigenvalue weighted by atomic mass is 9.67. The summed E-state index contributed by atoms with van der Waals surface area (Å²) in [5.74, 6) is 0. The Kier molecular flexibility index (Phi) is 7.69. The quantitative estimate of drug-likeness (QED) is 0.168. The number of benzene rings is 9. The van der Waals surface area contributed by atoms with Gasteiger partial charge in [0.1, 0.15) is 11.2 Å². The number of hydrogen-bond donors (Lipinski definition) is 0. The molecule has 0 bridgehead atoms. The minimum absolute atomic E-state index is 0.584. The van der Waals surface area contributed by atoms with Crippen molar-refractivity contribution in [3.8, 4) is 11.1 Å². The van der Waals surface area contributed by atoms with Gasteiger partial charge < -0.3 is 14.2 Å². The monoisotopic (exact) mass is 772 g/mol. The van der Waals surface area contributed by atoms with E-state index in [9.17, 15) is 0 Å². The van der Waals surface area contributed by atoms with Crippen LogP contribution in [0.2, 0.25) is 0 Å². The largest absolute Gasteiger partial charge is 0.456 e. The molecule has 1 spiro atoms. The van der Waals surface area contributed by atoms with E-state index in [1.807, 2.05) is 23.9 Å². The molecule has 278 valence electrons. The molecule has 4 heteroatoms. The van der Waals surface area contributed by atoms with Crippen LogP contribution in [0.5, 0.6) is 0 Å². The highest BCUT2D eigenvalue weighted by molar-refractivity contribution is 7.99. The second-order valence-electron chi connectivity index (χ2n) is 15.2. The molecule has 59 heavy (non-hydrogen) atoms. The van der Waals surface area contributed by atoms with Crippen molar-refractivity contribution in [1.82, 2.24) is 0 Å². The first-order valence-electron chi connectivity index (χ1n) is 20.1. The molecule has 1 aliphatic heterocycles. The number of anilines is 6. The van der Waals surface area contributed by atoms with E-state index >= 15 is 0 Å². The maximum atomic E-state index is 6.46. The highest BCUT2D eigenvalue weighted by Gasteiger charge is 2.51. The van der Waals surface area contributed by atoms with Crippen molar-refractivity contribution in [2.45, 2.75) is 15.2 Å². The van der Waals surface area contributed by atoms with E-state index in [4.69, 9.17) is 4.42 Å². The molecule has 0 saturated carbocycles. The summed E-state index contributed by atoms with van der Waals surface area (Å²) in [5, 5.41) is 2.24. The molecule has 9 aromatic carbocycles. The van der Waals surface area contributed by atoms with E-state index in [2.05, 4.69) is 216 Å². The van der Waals surface area contributed by atoms with Crippen LogP contribution < -0.4 is 9.80 Å². The third-order valence-electron chi connectivity index (χ3n) is 12.1. The Labute approximate surface area is 347 Å². The van der Waals surface area contributed by atoms with Crippen LogP contribution in [0.4, 0.5) is 34.1 Å². The van der Waals surface area contributed by atoms with Crippen LogP contribution in [0.15, 0.2) is 233 Å². The van der Waals surface area contributed by atoms with Gasteiger partial charge in [-0.15, -0.1) is 0 Å². The third kappa shape index (κ3) is 5.10. The Hall–Kier alpha value is -7.27. The van der Waals surface area contributed by atoms with Crippen molar-refractivity contribution in [3.05, 3.63) is 241 Å². The van der Waals surface area contributed by atoms with Gasteiger partial charge in [-0.3, -0.25) is 0 Å². The molecule has 0 amide bonds. The second kappa shape index (κ2) is 13.4. The summed E-state index contributed by atoms with van der Waals surface area (Å²) >= 11 is 1.87. The van der Waals surface area contributed by atoms with E-state index in [-0.39, 0.29) is 0 Å². The van der Waals surface area contributed by atoms with Gasteiger partial charge >= 0.3 is 0 Å².